The highest BCUT2D eigenvalue weighted by Gasteiger charge is 2.20. The Morgan fingerprint density at radius 2 is 2.19 bits per heavy atom. The van der Waals surface area contributed by atoms with Crippen LogP contribution in [0.5, 0.6) is 0 Å². The zero-order valence-corrected chi connectivity index (χ0v) is 9.73. The molecule has 2 heteroatoms. The molecule has 1 heterocycles. The van der Waals surface area contributed by atoms with E-state index >= 15 is 0 Å². The van der Waals surface area contributed by atoms with Crippen molar-refractivity contribution in [1.82, 2.24) is 4.98 Å². The Hall–Kier alpha value is -1.31. The topological polar surface area (TPSA) is 15.8 Å². The van der Waals surface area contributed by atoms with Crippen molar-refractivity contribution in [3.63, 3.8) is 0 Å². The van der Waals surface area contributed by atoms with Crippen molar-refractivity contribution < 1.29 is 4.39 Å². The van der Waals surface area contributed by atoms with Crippen LogP contribution < -0.4 is 0 Å². The molecular formula is C14H16FN. The lowest BCUT2D eigenvalue weighted by molar-refractivity contribution is 0.499. The molecule has 0 spiro atoms. The van der Waals surface area contributed by atoms with Crippen LogP contribution in [0.3, 0.4) is 0 Å². The number of aromatic nitrogens is 1. The number of hydrogen-bond acceptors (Lipinski definition) is 0. The van der Waals surface area contributed by atoms with Crippen LogP contribution in [0.1, 0.15) is 30.2 Å². The van der Waals surface area contributed by atoms with Crippen molar-refractivity contribution in [2.24, 2.45) is 5.92 Å². The third-order valence-corrected chi connectivity index (χ3v) is 3.71. The molecule has 16 heavy (non-hydrogen) atoms. The van der Waals surface area contributed by atoms with Gasteiger partial charge >= 0.3 is 0 Å². The fourth-order valence-electron chi connectivity index (χ4n) is 2.82. The maximum Gasteiger partial charge on any atom is 0.124 e. The van der Waals surface area contributed by atoms with Gasteiger partial charge < -0.3 is 4.98 Å². The number of aromatic amines is 1. The first-order valence-corrected chi connectivity index (χ1v) is 5.94. The fraction of sp³-hybridized carbons (Fsp3) is 0.429. The molecule has 1 aliphatic carbocycles. The highest BCUT2D eigenvalue weighted by atomic mass is 19.1. The fourth-order valence-corrected chi connectivity index (χ4v) is 2.82. The average Bonchev–Trinajstić information content (AvgIpc) is 2.57. The molecule has 0 saturated carbocycles. The molecule has 0 fully saturated rings. The normalized spacial score (nSPS) is 20.1. The van der Waals surface area contributed by atoms with Crippen molar-refractivity contribution in [3.05, 3.63) is 34.8 Å². The summed E-state index contributed by atoms with van der Waals surface area (Å²) in [6.45, 7) is 4.24. The van der Waals surface area contributed by atoms with Crippen molar-refractivity contribution >= 4 is 10.9 Å². The zero-order chi connectivity index (χ0) is 11.3. The first-order chi connectivity index (χ1) is 7.65. The Labute approximate surface area is 94.7 Å². The molecule has 0 amide bonds. The highest BCUT2D eigenvalue weighted by Crippen LogP contribution is 2.33. The van der Waals surface area contributed by atoms with Gasteiger partial charge in [0, 0.05) is 16.6 Å². The van der Waals surface area contributed by atoms with Gasteiger partial charge in [0.1, 0.15) is 5.82 Å². The van der Waals surface area contributed by atoms with Gasteiger partial charge in [0.2, 0.25) is 0 Å². The second-order valence-corrected chi connectivity index (χ2v) is 5.08. The van der Waals surface area contributed by atoms with E-state index in [4.69, 9.17) is 0 Å². The van der Waals surface area contributed by atoms with E-state index in [0.29, 0.717) is 0 Å². The summed E-state index contributed by atoms with van der Waals surface area (Å²) >= 11 is 0. The van der Waals surface area contributed by atoms with E-state index in [1.54, 1.807) is 12.1 Å². The lowest BCUT2D eigenvalue weighted by Gasteiger charge is -2.17. The third-order valence-electron chi connectivity index (χ3n) is 3.71. The molecule has 0 bridgehead atoms. The second-order valence-electron chi connectivity index (χ2n) is 5.08. The van der Waals surface area contributed by atoms with Gasteiger partial charge in [0.25, 0.3) is 0 Å². The SMILES string of the molecule is Cc1cc(F)cc2c3c([nH]c12)CCC(C)C3. The Morgan fingerprint density at radius 1 is 1.38 bits per heavy atom. The molecule has 0 aliphatic heterocycles. The van der Waals surface area contributed by atoms with Crippen LogP contribution in [-0.4, -0.2) is 4.98 Å². The summed E-state index contributed by atoms with van der Waals surface area (Å²) in [6.07, 6.45) is 3.42. The minimum atomic E-state index is -0.120. The Morgan fingerprint density at radius 3 is 3.00 bits per heavy atom. The molecule has 1 aromatic heterocycles. The molecular weight excluding hydrogens is 201 g/mol. The predicted molar refractivity (Wildman–Crippen MR) is 64.2 cm³/mol. The maximum absolute atomic E-state index is 13.4. The van der Waals surface area contributed by atoms with Gasteiger partial charge in [-0.25, -0.2) is 4.39 Å². The quantitative estimate of drug-likeness (QED) is 0.692. The van der Waals surface area contributed by atoms with E-state index in [9.17, 15) is 4.39 Å². The summed E-state index contributed by atoms with van der Waals surface area (Å²) in [7, 11) is 0. The largest absolute Gasteiger partial charge is 0.358 e. The Kier molecular flexibility index (Phi) is 2.06. The second kappa shape index (κ2) is 3.34. The molecule has 1 nitrogen and oxygen atoms in total. The summed E-state index contributed by atoms with van der Waals surface area (Å²) in [5, 5.41) is 1.10. The summed E-state index contributed by atoms with van der Waals surface area (Å²) in [6, 6.07) is 3.28. The Bertz CT molecular complexity index is 553. The lowest BCUT2D eigenvalue weighted by atomic mass is 9.87. The number of benzene rings is 1. The molecule has 84 valence electrons. The molecule has 1 N–H and O–H groups in total. The molecule has 2 aromatic rings. The van der Waals surface area contributed by atoms with E-state index in [0.717, 1.165) is 35.2 Å². The maximum atomic E-state index is 13.4. The first kappa shape index (κ1) is 9.88. The van der Waals surface area contributed by atoms with E-state index in [1.165, 1.54) is 17.7 Å². The molecule has 1 aromatic carbocycles. The number of rotatable bonds is 0. The highest BCUT2D eigenvalue weighted by molar-refractivity contribution is 5.87. The van der Waals surface area contributed by atoms with Crippen molar-refractivity contribution in [1.29, 1.82) is 0 Å². The van der Waals surface area contributed by atoms with Crippen LogP contribution in [-0.2, 0) is 12.8 Å². The zero-order valence-electron chi connectivity index (χ0n) is 9.73. The van der Waals surface area contributed by atoms with Crippen LogP contribution in [0.15, 0.2) is 12.1 Å². The van der Waals surface area contributed by atoms with Crippen LogP contribution in [0.25, 0.3) is 10.9 Å². The van der Waals surface area contributed by atoms with Gasteiger partial charge in [-0.1, -0.05) is 6.92 Å². The number of H-pyrrole nitrogens is 1. The van der Waals surface area contributed by atoms with E-state index in [-0.39, 0.29) is 5.82 Å². The summed E-state index contributed by atoms with van der Waals surface area (Å²) in [5.74, 6) is 0.597. The van der Waals surface area contributed by atoms with Gasteiger partial charge in [-0.05, 0) is 55.4 Å². The lowest BCUT2D eigenvalue weighted by Crippen LogP contribution is -2.09. The van der Waals surface area contributed by atoms with Crippen LogP contribution in [0.4, 0.5) is 4.39 Å². The number of halogens is 1. The van der Waals surface area contributed by atoms with Crippen LogP contribution >= 0.6 is 0 Å². The predicted octanol–water partition coefficient (Wildman–Crippen LogP) is 3.74. The van der Waals surface area contributed by atoms with E-state index in [2.05, 4.69) is 11.9 Å². The average molecular weight is 217 g/mol. The molecule has 0 saturated heterocycles. The third kappa shape index (κ3) is 1.36. The first-order valence-electron chi connectivity index (χ1n) is 5.94. The number of nitrogens with one attached hydrogen (secondary N) is 1. The molecule has 1 unspecified atom stereocenters. The smallest absolute Gasteiger partial charge is 0.124 e. The minimum Gasteiger partial charge on any atom is -0.358 e. The van der Waals surface area contributed by atoms with Crippen molar-refractivity contribution in [2.75, 3.05) is 0 Å². The number of fused-ring (bicyclic) bond motifs is 3. The Balaban J connectivity index is 2.30. The van der Waals surface area contributed by atoms with Gasteiger partial charge in [-0.3, -0.25) is 0 Å². The minimum absolute atomic E-state index is 0.120. The summed E-state index contributed by atoms with van der Waals surface area (Å²) in [5.41, 5.74) is 4.80. The van der Waals surface area contributed by atoms with Gasteiger partial charge in [-0.2, -0.15) is 0 Å². The molecule has 0 radical (unpaired) electrons. The van der Waals surface area contributed by atoms with Crippen LogP contribution in [0, 0.1) is 18.7 Å². The van der Waals surface area contributed by atoms with Gasteiger partial charge in [-0.15, -0.1) is 0 Å². The monoisotopic (exact) mass is 217 g/mol. The molecule has 1 aliphatic rings. The van der Waals surface area contributed by atoms with Crippen LogP contribution in [0.2, 0.25) is 0 Å². The van der Waals surface area contributed by atoms with Gasteiger partial charge in [0.05, 0.1) is 0 Å². The van der Waals surface area contributed by atoms with Crippen molar-refractivity contribution in [3.8, 4) is 0 Å². The molecule has 1 atom stereocenters. The summed E-state index contributed by atoms with van der Waals surface area (Å²) < 4.78 is 13.4. The standard InChI is InChI=1S/C14H16FN/c1-8-3-4-13-11(5-8)12-7-10(15)6-9(2)14(12)16-13/h6-8,16H,3-5H2,1-2H3. The van der Waals surface area contributed by atoms with E-state index < -0.39 is 0 Å². The van der Waals surface area contributed by atoms with E-state index in [1.807, 2.05) is 6.92 Å². The summed E-state index contributed by atoms with van der Waals surface area (Å²) in [4.78, 5) is 3.47. The number of aryl methyl sites for hydroxylation is 2. The van der Waals surface area contributed by atoms with Crippen molar-refractivity contribution in [2.45, 2.75) is 33.1 Å². The van der Waals surface area contributed by atoms with Gasteiger partial charge in [0.15, 0.2) is 0 Å². The molecule has 3 rings (SSSR count). The number of hydrogen-bond donors (Lipinski definition) is 1.